The standard InChI is InChI=1S/C15H23N3O/c1-17(2)15(19)6-4-10-18-9-3-5-12-11-13(16)7-8-14(12)18/h7-8,11H,3-6,9-10,16H2,1-2H3. The van der Waals surface area contributed by atoms with Crippen LogP contribution in [0.1, 0.15) is 24.8 Å². The number of nitrogens with two attached hydrogens (primary N) is 1. The molecule has 1 aliphatic heterocycles. The van der Waals surface area contributed by atoms with Gasteiger partial charge in [-0.05, 0) is 43.0 Å². The minimum atomic E-state index is 0.203. The van der Waals surface area contributed by atoms with E-state index < -0.39 is 0 Å². The van der Waals surface area contributed by atoms with Crippen LogP contribution in [0.2, 0.25) is 0 Å². The van der Waals surface area contributed by atoms with Gasteiger partial charge in [-0.15, -0.1) is 0 Å². The quantitative estimate of drug-likeness (QED) is 0.842. The molecule has 0 saturated heterocycles. The first-order valence-electron chi connectivity index (χ1n) is 6.91. The van der Waals surface area contributed by atoms with Crippen molar-refractivity contribution in [3.05, 3.63) is 23.8 Å². The molecule has 1 amide bonds. The molecule has 0 aromatic heterocycles. The number of benzene rings is 1. The average molecular weight is 261 g/mol. The van der Waals surface area contributed by atoms with Gasteiger partial charge in [0, 0.05) is 45.0 Å². The van der Waals surface area contributed by atoms with Crippen molar-refractivity contribution in [2.45, 2.75) is 25.7 Å². The van der Waals surface area contributed by atoms with Crippen LogP contribution in [0.15, 0.2) is 18.2 Å². The van der Waals surface area contributed by atoms with Gasteiger partial charge in [0.1, 0.15) is 0 Å². The Morgan fingerprint density at radius 2 is 2.21 bits per heavy atom. The molecule has 19 heavy (non-hydrogen) atoms. The summed E-state index contributed by atoms with van der Waals surface area (Å²) in [5, 5.41) is 0. The van der Waals surface area contributed by atoms with Crippen LogP contribution >= 0.6 is 0 Å². The minimum Gasteiger partial charge on any atom is -0.399 e. The number of hydrogen-bond acceptors (Lipinski definition) is 3. The molecular formula is C15H23N3O. The van der Waals surface area contributed by atoms with Crippen molar-refractivity contribution < 1.29 is 4.79 Å². The van der Waals surface area contributed by atoms with Crippen LogP contribution in [0.25, 0.3) is 0 Å². The number of anilines is 2. The Bertz CT molecular complexity index is 457. The van der Waals surface area contributed by atoms with Crippen LogP contribution < -0.4 is 10.6 Å². The third-order valence-electron chi connectivity index (χ3n) is 3.64. The second-order valence-corrected chi connectivity index (χ2v) is 5.37. The highest BCUT2D eigenvalue weighted by atomic mass is 16.2. The van der Waals surface area contributed by atoms with Crippen molar-refractivity contribution in [1.29, 1.82) is 0 Å². The molecule has 4 heteroatoms. The Morgan fingerprint density at radius 1 is 1.42 bits per heavy atom. The smallest absolute Gasteiger partial charge is 0.222 e. The second-order valence-electron chi connectivity index (χ2n) is 5.37. The van der Waals surface area contributed by atoms with Crippen LogP contribution in [0.5, 0.6) is 0 Å². The molecule has 0 spiro atoms. The third-order valence-corrected chi connectivity index (χ3v) is 3.64. The van der Waals surface area contributed by atoms with E-state index in [0.29, 0.717) is 6.42 Å². The van der Waals surface area contributed by atoms with Crippen molar-refractivity contribution in [1.82, 2.24) is 4.90 Å². The molecule has 104 valence electrons. The van der Waals surface area contributed by atoms with Crippen LogP contribution in [-0.2, 0) is 11.2 Å². The summed E-state index contributed by atoms with van der Waals surface area (Å²) in [4.78, 5) is 15.6. The Kier molecular flexibility index (Phi) is 4.30. The van der Waals surface area contributed by atoms with E-state index in [1.165, 1.54) is 11.3 Å². The van der Waals surface area contributed by atoms with Crippen molar-refractivity contribution >= 4 is 17.3 Å². The fraction of sp³-hybridized carbons (Fsp3) is 0.533. The van der Waals surface area contributed by atoms with Gasteiger partial charge >= 0.3 is 0 Å². The van der Waals surface area contributed by atoms with Crippen molar-refractivity contribution in [3.63, 3.8) is 0 Å². The highest BCUT2D eigenvalue weighted by Gasteiger charge is 2.16. The number of nitrogen functional groups attached to an aromatic ring is 1. The lowest BCUT2D eigenvalue weighted by atomic mass is 10.0. The minimum absolute atomic E-state index is 0.203. The molecule has 1 aromatic carbocycles. The molecule has 0 saturated carbocycles. The van der Waals surface area contributed by atoms with Crippen LogP contribution in [0.4, 0.5) is 11.4 Å². The maximum Gasteiger partial charge on any atom is 0.222 e. The summed E-state index contributed by atoms with van der Waals surface area (Å²) in [7, 11) is 3.61. The lowest BCUT2D eigenvalue weighted by Gasteiger charge is -2.31. The maximum atomic E-state index is 11.6. The number of amides is 1. The van der Waals surface area contributed by atoms with Crippen molar-refractivity contribution in [2.75, 3.05) is 37.8 Å². The van der Waals surface area contributed by atoms with Gasteiger partial charge in [-0.2, -0.15) is 0 Å². The fourth-order valence-corrected chi connectivity index (χ4v) is 2.57. The molecule has 0 fully saturated rings. The van der Waals surface area contributed by atoms with E-state index in [0.717, 1.165) is 38.0 Å². The lowest BCUT2D eigenvalue weighted by molar-refractivity contribution is -0.128. The second kappa shape index (κ2) is 5.95. The first kappa shape index (κ1) is 13.7. The summed E-state index contributed by atoms with van der Waals surface area (Å²) in [5.41, 5.74) is 9.30. The number of aryl methyl sites for hydroxylation is 1. The molecule has 0 aliphatic carbocycles. The molecule has 0 radical (unpaired) electrons. The highest BCUT2D eigenvalue weighted by molar-refractivity contribution is 5.75. The zero-order chi connectivity index (χ0) is 13.8. The molecule has 2 rings (SSSR count). The molecule has 0 unspecified atom stereocenters. The molecule has 0 bridgehead atoms. The Morgan fingerprint density at radius 3 is 2.95 bits per heavy atom. The van der Waals surface area contributed by atoms with Gasteiger partial charge in [-0.3, -0.25) is 4.79 Å². The van der Waals surface area contributed by atoms with Crippen LogP contribution in [0, 0.1) is 0 Å². The summed E-state index contributed by atoms with van der Waals surface area (Å²) >= 11 is 0. The molecule has 1 aromatic rings. The summed E-state index contributed by atoms with van der Waals surface area (Å²) in [6.45, 7) is 2.02. The van der Waals surface area contributed by atoms with E-state index in [9.17, 15) is 4.79 Å². The lowest BCUT2D eigenvalue weighted by Crippen LogP contribution is -2.31. The Balaban J connectivity index is 1.94. The Hall–Kier alpha value is -1.71. The van der Waals surface area contributed by atoms with Crippen molar-refractivity contribution in [3.8, 4) is 0 Å². The average Bonchev–Trinajstić information content (AvgIpc) is 2.38. The maximum absolute atomic E-state index is 11.6. The number of carbonyl (C=O) groups excluding carboxylic acids is 1. The summed E-state index contributed by atoms with van der Waals surface area (Å²) in [6, 6.07) is 6.15. The highest BCUT2D eigenvalue weighted by Crippen LogP contribution is 2.28. The number of rotatable bonds is 4. The van der Waals surface area contributed by atoms with Gasteiger partial charge in [0.25, 0.3) is 0 Å². The van der Waals surface area contributed by atoms with Crippen LogP contribution in [0.3, 0.4) is 0 Å². The zero-order valence-electron chi connectivity index (χ0n) is 11.9. The summed E-state index contributed by atoms with van der Waals surface area (Å²) in [5.74, 6) is 0.203. The first-order valence-corrected chi connectivity index (χ1v) is 6.91. The molecule has 4 nitrogen and oxygen atoms in total. The monoisotopic (exact) mass is 261 g/mol. The molecular weight excluding hydrogens is 238 g/mol. The number of carbonyl (C=O) groups is 1. The van der Waals surface area contributed by atoms with E-state index in [2.05, 4.69) is 17.0 Å². The summed E-state index contributed by atoms with van der Waals surface area (Å²) < 4.78 is 0. The van der Waals surface area contributed by atoms with Gasteiger partial charge in [0.2, 0.25) is 5.91 Å². The van der Waals surface area contributed by atoms with Gasteiger partial charge in [-0.1, -0.05) is 0 Å². The predicted octanol–water partition coefficient (Wildman–Crippen LogP) is 1.89. The normalized spacial score (nSPS) is 14.1. The Labute approximate surface area is 115 Å². The third kappa shape index (κ3) is 3.40. The first-order chi connectivity index (χ1) is 9.08. The van der Waals surface area contributed by atoms with E-state index in [-0.39, 0.29) is 5.91 Å². The van der Waals surface area contributed by atoms with Gasteiger partial charge < -0.3 is 15.5 Å². The van der Waals surface area contributed by atoms with E-state index in [1.54, 1.807) is 19.0 Å². The molecule has 1 heterocycles. The topological polar surface area (TPSA) is 49.6 Å². The van der Waals surface area contributed by atoms with E-state index >= 15 is 0 Å². The van der Waals surface area contributed by atoms with Gasteiger partial charge in [0.15, 0.2) is 0 Å². The molecule has 1 aliphatic rings. The largest absolute Gasteiger partial charge is 0.399 e. The summed E-state index contributed by atoms with van der Waals surface area (Å²) in [6.07, 6.45) is 3.79. The molecule has 2 N–H and O–H groups in total. The number of nitrogens with zero attached hydrogens (tertiary/aromatic N) is 2. The predicted molar refractivity (Wildman–Crippen MR) is 79.3 cm³/mol. The van der Waals surface area contributed by atoms with Crippen LogP contribution in [-0.4, -0.2) is 38.0 Å². The van der Waals surface area contributed by atoms with Gasteiger partial charge in [0.05, 0.1) is 0 Å². The number of fused-ring (bicyclic) bond motifs is 1. The zero-order valence-corrected chi connectivity index (χ0v) is 11.9. The van der Waals surface area contributed by atoms with Gasteiger partial charge in [-0.25, -0.2) is 0 Å². The number of hydrogen-bond donors (Lipinski definition) is 1. The molecule has 0 atom stereocenters. The van der Waals surface area contributed by atoms with E-state index in [1.807, 2.05) is 6.07 Å². The van der Waals surface area contributed by atoms with Crippen molar-refractivity contribution in [2.24, 2.45) is 0 Å². The SMILES string of the molecule is CN(C)C(=O)CCCN1CCCc2cc(N)ccc21. The fourth-order valence-electron chi connectivity index (χ4n) is 2.57. The van der Waals surface area contributed by atoms with E-state index in [4.69, 9.17) is 5.73 Å².